The van der Waals surface area contributed by atoms with Crippen LogP contribution in [0.2, 0.25) is 0 Å². The third-order valence-electron chi connectivity index (χ3n) is 4.32. The summed E-state index contributed by atoms with van der Waals surface area (Å²) in [7, 11) is 0. The molecule has 2 unspecified atom stereocenters. The Hall–Kier alpha value is -1.76. The summed E-state index contributed by atoms with van der Waals surface area (Å²) in [5.41, 5.74) is 3.32. The van der Waals surface area contributed by atoms with E-state index in [1.54, 1.807) is 6.20 Å². The van der Waals surface area contributed by atoms with Crippen molar-refractivity contribution in [1.82, 2.24) is 25.4 Å². The van der Waals surface area contributed by atoms with Gasteiger partial charge >= 0.3 is 0 Å². The zero-order chi connectivity index (χ0) is 15.5. The molecule has 0 aromatic carbocycles. The summed E-state index contributed by atoms with van der Waals surface area (Å²) in [5, 5.41) is 21.1. The Morgan fingerprint density at radius 1 is 1.36 bits per heavy atom. The molecule has 3 rings (SSSR count). The van der Waals surface area contributed by atoms with Gasteiger partial charge in [-0.2, -0.15) is 5.10 Å². The number of β-amino-alcohol motifs (C(OH)–C–C–N with tert-alkyl or cyclic N) is 1. The highest BCUT2D eigenvalue weighted by Gasteiger charge is 2.24. The first-order valence-electron chi connectivity index (χ1n) is 7.73. The molecule has 1 aliphatic rings. The van der Waals surface area contributed by atoms with Gasteiger partial charge in [-0.1, -0.05) is 6.07 Å². The molecule has 22 heavy (non-hydrogen) atoms. The van der Waals surface area contributed by atoms with Crippen molar-refractivity contribution in [3.63, 3.8) is 0 Å². The number of hydrogen-bond donors (Lipinski definition) is 3. The normalized spacial score (nSPS) is 21.4. The van der Waals surface area contributed by atoms with Gasteiger partial charge in [0.1, 0.15) is 0 Å². The second-order valence-corrected chi connectivity index (χ2v) is 5.87. The third-order valence-corrected chi connectivity index (χ3v) is 4.32. The topological polar surface area (TPSA) is 75.0 Å². The molecule has 1 fully saturated rings. The summed E-state index contributed by atoms with van der Waals surface area (Å²) in [6, 6.07) is 5.82. The predicted octanol–water partition coefficient (Wildman–Crippen LogP) is 0.554. The Bertz CT molecular complexity index is 625. The Kier molecular flexibility index (Phi) is 4.52. The molecular formula is C16H23N5O. The molecule has 0 spiro atoms. The highest BCUT2D eigenvalue weighted by molar-refractivity contribution is 5.32. The maximum absolute atomic E-state index is 9.82. The molecule has 2 atom stereocenters. The van der Waals surface area contributed by atoms with Crippen LogP contribution in [-0.2, 0) is 6.54 Å². The van der Waals surface area contributed by atoms with E-state index < -0.39 is 0 Å². The maximum atomic E-state index is 9.82. The molecule has 0 bridgehead atoms. The summed E-state index contributed by atoms with van der Waals surface area (Å²) in [6.07, 6.45) is 1.53. The maximum Gasteiger partial charge on any atom is 0.153 e. The van der Waals surface area contributed by atoms with E-state index in [2.05, 4.69) is 27.6 Å². The van der Waals surface area contributed by atoms with Gasteiger partial charge in [0.15, 0.2) is 5.82 Å². The lowest BCUT2D eigenvalue weighted by atomic mass is 10.1. The molecule has 0 aliphatic carbocycles. The van der Waals surface area contributed by atoms with E-state index in [1.807, 2.05) is 29.8 Å². The van der Waals surface area contributed by atoms with Gasteiger partial charge in [0.25, 0.3) is 0 Å². The number of hydrogen-bond acceptors (Lipinski definition) is 5. The fraction of sp³-hybridized carbons (Fsp3) is 0.500. The minimum absolute atomic E-state index is 0.245. The number of pyridine rings is 1. The molecule has 2 aromatic heterocycles. The van der Waals surface area contributed by atoms with E-state index in [1.165, 1.54) is 5.56 Å². The number of nitrogens with zero attached hydrogens (tertiary/aromatic N) is 3. The quantitative estimate of drug-likeness (QED) is 0.752. The van der Waals surface area contributed by atoms with Gasteiger partial charge in [0, 0.05) is 49.6 Å². The fourth-order valence-corrected chi connectivity index (χ4v) is 2.94. The van der Waals surface area contributed by atoms with E-state index in [-0.39, 0.29) is 12.0 Å². The number of nitrogens with one attached hydrogen (secondary N) is 2. The minimum Gasteiger partial charge on any atom is -0.391 e. The van der Waals surface area contributed by atoms with Gasteiger partial charge in [0.2, 0.25) is 0 Å². The third kappa shape index (κ3) is 3.04. The first-order chi connectivity index (χ1) is 10.7. The molecule has 3 heterocycles. The largest absolute Gasteiger partial charge is 0.391 e. The second kappa shape index (κ2) is 6.56. The van der Waals surface area contributed by atoms with Crippen LogP contribution in [0.25, 0.3) is 5.82 Å². The highest BCUT2D eigenvalue weighted by atomic mass is 16.3. The van der Waals surface area contributed by atoms with Gasteiger partial charge in [-0.25, -0.2) is 9.67 Å². The van der Waals surface area contributed by atoms with Crippen molar-refractivity contribution in [1.29, 1.82) is 0 Å². The van der Waals surface area contributed by atoms with Crippen LogP contribution in [0.1, 0.15) is 17.0 Å². The Morgan fingerprint density at radius 2 is 2.23 bits per heavy atom. The summed E-state index contributed by atoms with van der Waals surface area (Å²) in [5.74, 6) is 1.12. The number of aryl methyl sites for hydroxylation is 1. The van der Waals surface area contributed by atoms with Crippen LogP contribution in [0.15, 0.2) is 24.4 Å². The van der Waals surface area contributed by atoms with E-state index in [0.717, 1.165) is 36.8 Å². The molecule has 118 valence electrons. The molecule has 1 saturated heterocycles. The van der Waals surface area contributed by atoms with Crippen LogP contribution in [0.4, 0.5) is 0 Å². The average Bonchev–Trinajstić information content (AvgIpc) is 3.06. The van der Waals surface area contributed by atoms with E-state index >= 15 is 0 Å². The van der Waals surface area contributed by atoms with Gasteiger partial charge in [-0.15, -0.1) is 0 Å². The molecule has 2 aromatic rings. The van der Waals surface area contributed by atoms with Gasteiger partial charge in [0.05, 0.1) is 11.8 Å². The number of rotatable bonds is 5. The van der Waals surface area contributed by atoms with Crippen molar-refractivity contribution in [2.75, 3.05) is 19.6 Å². The molecule has 0 amide bonds. The second-order valence-electron chi connectivity index (χ2n) is 5.87. The van der Waals surface area contributed by atoms with Crippen molar-refractivity contribution in [3.05, 3.63) is 41.3 Å². The van der Waals surface area contributed by atoms with Crippen molar-refractivity contribution < 1.29 is 5.11 Å². The number of aliphatic hydroxyl groups excluding tert-OH is 1. The van der Waals surface area contributed by atoms with Crippen molar-refractivity contribution in [3.8, 4) is 5.82 Å². The summed E-state index contributed by atoms with van der Waals surface area (Å²) in [6.45, 7) is 7.23. The van der Waals surface area contributed by atoms with Crippen LogP contribution < -0.4 is 10.6 Å². The molecule has 1 aliphatic heterocycles. The standard InChI is InChI=1S/C16H23N5O/c1-11-14(9-17-7-13-8-18-10-15(13)22)12(2)21(20-11)16-5-3-4-6-19-16/h3-6,13,15,17-18,22H,7-10H2,1-2H3. The number of aromatic nitrogens is 3. The van der Waals surface area contributed by atoms with Crippen LogP contribution in [-0.4, -0.2) is 45.6 Å². The lowest BCUT2D eigenvalue weighted by Crippen LogP contribution is -2.30. The van der Waals surface area contributed by atoms with Crippen LogP contribution in [0.5, 0.6) is 0 Å². The van der Waals surface area contributed by atoms with E-state index in [4.69, 9.17) is 0 Å². The van der Waals surface area contributed by atoms with Gasteiger partial charge < -0.3 is 15.7 Å². The molecule has 3 N–H and O–H groups in total. The smallest absolute Gasteiger partial charge is 0.153 e. The summed E-state index contributed by atoms with van der Waals surface area (Å²) in [4.78, 5) is 4.36. The first kappa shape index (κ1) is 15.1. The van der Waals surface area contributed by atoms with Crippen LogP contribution in [0, 0.1) is 19.8 Å². The summed E-state index contributed by atoms with van der Waals surface area (Å²) < 4.78 is 1.89. The Balaban J connectivity index is 1.68. The van der Waals surface area contributed by atoms with E-state index in [0.29, 0.717) is 6.54 Å². The molecule has 0 saturated carbocycles. The lowest BCUT2D eigenvalue weighted by molar-refractivity contribution is 0.146. The zero-order valence-corrected chi connectivity index (χ0v) is 13.1. The molecular weight excluding hydrogens is 278 g/mol. The monoisotopic (exact) mass is 301 g/mol. The van der Waals surface area contributed by atoms with Crippen molar-refractivity contribution in [2.45, 2.75) is 26.5 Å². The molecule has 0 radical (unpaired) electrons. The number of aliphatic hydroxyl groups is 1. The zero-order valence-electron chi connectivity index (χ0n) is 13.1. The fourth-order valence-electron chi connectivity index (χ4n) is 2.94. The summed E-state index contributed by atoms with van der Waals surface area (Å²) >= 11 is 0. The minimum atomic E-state index is -0.245. The first-order valence-corrected chi connectivity index (χ1v) is 7.73. The Labute approximate surface area is 130 Å². The Morgan fingerprint density at radius 3 is 2.91 bits per heavy atom. The highest BCUT2D eigenvalue weighted by Crippen LogP contribution is 2.16. The lowest BCUT2D eigenvalue weighted by Gasteiger charge is -2.14. The molecule has 6 heteroatoms. The van der Waals surface area contributed by atoms with Gasteiger partial charge in [-0.3, -0.25) is 0 Å². The van der Waals surface area contributed by atoms with Gasteiger partial charge in [-0.05, 0) is 26.0 Å². The van der Waals surface area contributed by atoms with Crippen LogP contribution in [0.3, 0.4) is 0 Å². The average molecular weight is 301 g/mol. The molecule has 6 nitrogen and oxygen atoms in total. The van der Waals surface area contributed by atoms with Crippen LogP contribution >= 0.6 is 0 Å². The van der Waals surface area contributed by atoms with E-state index in [9.17, 15) is 5.11 Å². The SMILES string of the molecule is Cc1nn(-c2ccccn2)c(C)c1CNCC1CNCC1O. The van der Waals surface area contributed by atoms with Crippen molar-refractivity contribution in [2.24, 2.45) is 5.92 Å². The van der Waals surface area contributed by atoms with Crippen molar-refractivity contribution >= 4 is 0 Å². The predicted molar refractivity (Wildman–Crippen MR) is 84.9 cm³/mol.